The van der Waals surface area contributed by atoms with Gasteiger partial charge in [0.2, 0.25) is 17.6 Å². The van der Waals surface area contributed by atoms with E-state index in [0.717, 1.165) is 162 Å². The van der Waals surface area contributed by atoms with Crippen molar-refractivity contribution in [3.05, 3.63) is 295 Å². The Kier molecular flexibility index (Phi) is 26.7. The van der Waals surface area contributed by atoms with E-state index in [1.165, 1.54) is 16.7 Å². The Balaban J connectivity index is 0.000000155. The Bertz CT molecular complexity index is 5250. The van der Waals surface area contributed by atoms with Gasteiger partial charge >= 0.3 is 6.09 Å². The summed E-state index contributed by atoms with van der Waals surface area (Å²) in [5, 5.41) is 13.5. The van der Waals surface area contributed by atoms with Crippen LogP contribution in [0, 0.1) is 20.4 Å². The molecule has 14 rings (SSSR count). The Morgan fingerprint density at radius 2 is 1.01 bits per heavy atom. The van der Waals surface area contributed by atoms with Gasteiger partial charge in [-0.05, 0) is 242 Å². The molecule has 0 fully saturated rings. The van der Waals surface area contributed by atoms with Crippen LogP contribution < -0.4 is 26.0 Å². The van der Waals surface area contributed by atoms with E-state index in [2.05, 4.69) is 144 Å². The number of hydrogen-bond donors (Lipinski definition) is 5. The van der Waals surface area contributed by atoms with Gasteiger partial charge in [0, 0.05) is 84.0 Å². The van der Waals surface area contributed by atoms with Gasteiger partial charge in [0.25, 0.3) is 15.9 Å². The number of nitrogens with zero attached hydrogens (tertiary/aromatic N) is 9. The maximum atomic E-state index is 12.8. The van der Waals surface area contributed by atoms with Crippen molar-refractivity contribution in [2.24, 2.45) is 0 Å². The second-order valence-electron chi connectivity index (χ2n) is 29.1. The van der Waals surface area contributed by atoms with Crippen LogP contribution in [0.2, 0.25) is 10.0 Å². The van der Waals surface area contributed by atoms with Gasteiger partial charge < -0.3 is 35.4 Å². The first-order valence-corrected chi connectivity index (χ1v) is 39.8. The van der Waals surface area contributed by atoms with Gasteiger partial charge in [0.15, 0.2) is 0 Å². The number of amides is 2. The van der Waals surface area contributed by atoms with Crippen molar-refractivity contribution >= 4 is 80.0 Å². The number of carbonyl (C=O) groups is 2. The minimum atomic E-state index is -3.65. The molecule has 8 aromatic carbocycles. The highest BCUT2D eigenvalue weighted by molar-refractivity contribution is 7.92. The Morgan fingerprint density at radius 3 is 1.55 bits per heavy atom. The van der Waals surface area contributed by atoms with Crippen LogP contribution in [0.5, 0.6) is 0 Å². The topological polar surface area (TPSA) is 216 Å². The maximum absolute atomic E-state index is 12.8. The second kappa shape index (κ2) is 37.2. The number of aromatic nitrogens is 5. The number of fused-ring (bicyclic) bond motifs is 9. The molecular formula is C89H94Cl2N14O5S. The predicted octanol–water partition coefficient (Wildman–Crippen LogP) is 18.6. The third-order valence-electron chi connectivity index (χ3n) is 20.0. The fourth-order valence-corrected chi connectivity index (χ4v) is 15.7. The molecule has 3 aliphatic carbocycles. The number of anilines is 5. The second-order valence-corrected chi connectivity index (χ2v) is 31.6. The average molecular weight is 1540 g/mol. The van der Waals surface area contributed by atoms with Crippen molar-refractivity contribution in [1.29, 1.82) is 0 Å². The Labute approximate surface area is 662 Å². The van der Waals surface area contributed by atoms with E-state index in [1.807, 2.05) is 142 Å². The molecule has 0 radical (unpaired) electrons. The molecule has 111 heavy (non-hydrogen) atoms. The quantitative estimate of drug-likeness (QED) is 0.0266. The normalized spacial score (nSPS) is 14.3. The lowest BCUT2D eigenvalue weighted by Gasteiger charge is -2.29. The zero-order valence-corrected chi connectivity index (χ0v) is 66.3. The van der Waals surface area contributed by atoms with Gasteiger partial charge in [-0.3, -0.25) is 19.8 Å². The molecule has 0 spiro atoms. The lowest BCUT2D eigenvalue weighted by atomic mass is 9.76. The molecule has 2 amide bonds. The summed E-state index contributed by atoms with van der Waals surface area (Å²) in [6.45, 7) is 16.7. The largest absolute Gasteiger partial charge is 0.449 e. The first kappa shape index (κ1) is 79.7. The standard InChI is InChI=1S/C32H35N5O.C31H35N5O2S.C26H24Cl2N4O2/c1-22-9-8-10-24(19-22)31(38)35-26-15-13-23(14-16-26)29-20-25-21-34-32(33-17-6-7-18-37(2)3)36-30(25)28-12-5-4-11-27(28)29;1-22-10-16-26(17-11-22)39(37,38)35-25-14-12-23(13-15-25)29-20-24-21-33-31(32-18-6-7-19-36(2)3)34-30(24)28-9-5-4-8-27(28)29;1-29-24-23-17(15-30-25(24)31-26(33)34-12-6-11-32(2)3)13-20(18-7-4-5-8-19(18)23)16-9-10-21(27)22(28)14-16/h4-5,8-16,19,21,29H,6-7,17-18,20H2,1-3H3,(H,35,38)(H,33,34,36);4-5,8-17,21,29,35H,6-7,18-20H2,1-3H3,(H,32,33,34);4-5,7-10,14-15,20H,6,11-13H2,2-3H3,(H,30,31,33). The summed E-state index contributed by atoms with van der Waals surface area (Å²) in [6.07, 6.45) is 12.4. The molecular weight excluding hydrogens is 1450 g/mol. The number of carbonyl (C=O) groups excluding carboxylic acids is 2. The molecule has 3 aromatic heterocycles. The Hall–Kier alpha value is -10.9. The number of hydrogen-bond acceptors (Lipinski definition) is 15. The molecule has 0 saturated heterocycles. The molecule has 5 N–H and O–H groups in total. The maximum Gasteiger partial charge on any atom is 0.411 e. The summed E-state index contributed by atoms with van der Waals surface area (Å²) in [5.74, 6) is 1.83. The summed E-state index contributed by atoms with van der Waals surface area (Å²) in [6, 6.07) is 60.9. The number of unbranched alkanes of at least 4 members (excludes halogenated alkanes) is 2. The number of aryl methyl sites for hydroxylation is 2. The van der Waals surface area contributed by atoms with E-state index in [-0.39, 0.29) is 41.0 Å². The lowest BCUT2D eigenvalue weighted by molar-refractivity contribution is 0.102. The fourth-order valence-electron chi connectivity index (χ4n) is 14.3. The molecule has 570 valence electrons. The van der Waals surface area contributed by atoms with Crippen LogP contribution >= 0.6 is 23.2 Å². The highest BCUT2D eigenvalue weighted by atomic mass is 35.5. The summed E-state index contributed by atoms with van der Waals surface area (Å²) in [7, 11) is 8.66. The monoisotopic (exact) mass is 1540 g/mol. The molecule has 19 nitrogen and oxygen atoms in total. The molecule has 0 saturated carbocycles. The molecule has 22 heteroatoms. The minimum Gasteiger partial charge on any atom is -0.449 e. The van der Waals surface area contributed by atoms with Gasteiger partial charge in [0.1, 0.15) is 5.82 Å². The number of ether oxygens (including phenoxy) is 1. The summed E-state index contributed by atoms with van der Waals surface area (Å²) in [4.78, 5) is 58.9. The number of pyridine rings is 1. The van der Waals surface area contributed by atoms with Gasteiger partial charge in [-0.15, -0.1) is 0 Å². The molecule has 3 unspecified atom stereocenters. The van der Waals surface area contributed by atoms with Crippen LogP contribution in [0.4, 0.5) is 39.6 Å². The van der Waals surface area contributed by atoms with Gasteiger partial charge in [-0.2, -0.15) is 0 Å². The molecule has 3 atom stereocenters. The van der Waals surface area contributed by atoms with E-state index in [9.17, 15) is 18.0 Å². The van der Waals surface area contributed by atoms with Crippen molar-refractivity contribution in [3.8, 4) is 33.6 Å². The van der Waals surface area contributed by atoms with Crippen molar-refractivity contribution in [2.75, 3.05) is 108 Å². The minimum absolute atomic E-state index is 0.0410. The van der Waals surface area contributed by atoms with Gasteiger partial charge in [0.05, 0.1) is 39.5 Å². The van der Waals surface area contributed by atoms with Crippen LogP contribution in [-0.2, 0) is 34.0 Å². The first-order valence-electron chi connectivity index (χ1n) is 37.5. The average Bonchev–Trinajstić information content (AvgIpc) is 0.745. The van der Waals surface area contributed by atoms with Crippen molar-refractivity contribution in [3.63, 3.8) is 0 Å². The highest BCUT2D eigenvalue weighted by Gasteiger charge is 2.33. The summed E-state index contributed by atoms with van der Waals surface area (Å²) >= 11 is 12.4. The third-order valence-corrected chi connectivity index (χ3v) is 22.1. The number of rotatable bonds is 25. The van der Waals surface area contributed by atoms with Gasteiger partial charge in [-0.1, -0.05) is 162 Å². The van der Waals surface area contributed by atoms with Gasteiger partial charge in [-0.25, -0.2) is 38.0 Å². The smallest absolute Gasteiger partial charge is 0.411 e. The number of benzene rings is 8. The van der Waals surface area contributed by atoms with Crippen LogP contribution in [0.3, 0.4) is 0 Å². The van der Waals surface area contributed by atoms with Crippen LogP contribution in [0.1, 0.15) is 121 Å². The van der Waals surface area contributed by atoms with E-state index < -0.39 is 16.1 Å². The first-order chi connectivity index (χ1) is 53.7. The van der Waals surface area contributed by atoms with E-state index in [0.29, 0.717) is 45.3 Å². The highest BCUT2D eigenvalue weighted by Crippen LogP contribution is 2.50. The molecule has 0 bridgehead atoms. The van der Waals surface area contributed by atoms with Crippen LogP contribution in [-0.4, -0.2) is 142 Å². The number of nitrogens with one attached hydrogen (secondary N) is 5. The van der Waals surface area contributed by atoms with Crippen molar-refractivity contribution in [1.82, 2.24) is 39.6 Å². The van der Waals surface area contributed by atoms with E-state index >= 15 is 0 Å². The molecule has 0 aliphatic heterocycles. The lowest BCUT2D eigenvalue weighted by Crippen LogP contribution is -2.19. The summed E-state index contributed by atoms with van der Waals surface area (Å²) in [5.41, 5.74) is 20.5. The zero-order chi connectivity index (χ0) is 78.1. The van der Waals surface area contributed by atoms with Crippen LogP contribution in [0.15, 0.2) is 212 Å². The Morgan fingerprint density at radius 1 is 0.514 bits per heavy atom. The molecule has 11 aromatic rings. The zero-order valence-electron chi connectivity index (χ0n) is 64.0. The molecule has 3 aliphatic rings. The number of sulfonamides is 1. The van der Waals surface area contributed by atoms with Crippen molar-refractivity contribution in [2.45, 2.75) is 87.9 Å². The predicted molar refractivity (Wildman–Crippen MR) is 449 cm³/mol. The molecule has 3 heterocycles. The van der Waals surface area contributed by atoms with Crippen molar-refractivity contribution < 1.29 is 22.7 Å². The fraction of sp³-hybridized carbons (Fsp3) is 0.281. The number of halogens is 2. The van der Waals surface area contributed by atoms with Crippen LogP contribution in [0.25, 0.3) is 38.5 Å². The summed E-state index contributed by atoms with van der Waals surface area (Å²) < 4.78 is 33.6. The van der Waals surface area contributed by atoms with E-state index in [1.54, 1.807) is 36.5 Å². The SMILES string of the molecule is Cc1ccc(S(=O)(=O)Nc2ccc(C3Cc4cnc(NCCCCN(C)C)nc4-c4ccccc43)cc2)cc1.Cc1cccc(C(=O)Nc2ccc(C3Cc4cnc(NCCCCN(C)C)nc4-c4ccccc43)cc2)c1.[C-]#[N+]c1c(NC(=O)OCCCN(C)C)ncc2c1-c1ccccc1C(c1ccc(Cl)c(Cl)c1)C2. The third kappa shape index (κ3) is 20.4. The van der Waals surface area contributed by atoms with E-state index in [4.69, 9.17) is 44.5 Å².